The summed E-state index contributed by atoms with van der Waals surface area (Å²) in [6, 6.07) is 6.86. The minimum atomic E-state index is -0.279. The largest absolute Gasteiger partial charge is 0.415 e. The van der Waals surface area contributed by atoms with Gasteiger partial charge in [0.1, 0.15) is 5.75 Å². The monoisotopic (exact) mass is 408 g/mol. The van der Waals surface area contributed by atoms with Crippen molar-refractivity contribution in [3.63, 3.8) is 0 Å². The second-order valence-corrected chi connectivity index (χ2v) is 7.85. The van der Waals surface area contributed by atoms with Crippen LogP contribution in [0.3, 0.4) is 0 Å². The van der Waals surface area contributed by atoms with Crippen LogP contribution in [0.1, 0.15) is 32.1 Å². The number of ether oxygens (including phenoxy) is 2. The molecular weight excluding hydrogens is 376 g/mol. The molecule has 1 saturated heterocycles. The van der Waals surface area contributed by atoms with Crippen LogP contribution in [0.5, 0.6) is 5.75 Å². The number of nitrogens with zero attached hydrogens (tertiary/aromatic N) is 2. The molecule has 6 heteroatoms. The van der Waals surface area contributed by atoms with Crippen molar-refractivity contribution in [3.05, 3.63) is 41.9 Å². The summed E-state index contributed by atoms with van der Waals surface area (Å²) < 4.78 is 11.2. The van der Waals surface area contributed by atoms with Crippen LogP contribution in [0.4, 0.5) is 4.79 Å². The van der Waals surface area contributed by atoms with E-state index in [1.165, 1.54) is 0 Å². The highest BCUT2D eigenvalue weighted by Gasteiger charge is 2.24. The van der Waals surface area contributed by atoms with Crippen LogP contribution in [0.15, 0.2) is 36.9 Å². The molecule has 0 aliphatic carbocycles. The van der Waals surface area contributed by atoms with Crippen molar-refractivity contribution in [3.8, 4) is 5.75 Å². The first-order valence-electron chi connectivity index (χ1n) is 10.2. The highest BCUT2D eigenvalue weighted by atomic mass is 35.5. The molecule has 0 saturated carbocycles. The fourth-order valence-corrected chi connectivity index (χ4v) is 3.45. The number of piperidine rings is 1. The minimum Gasteiger partial charge on any atom is -0.410 e. The van der Waals surface area contributed by atoms with Gasteiger partial charge in [-0.15, -0.1) is 6.58 Å². The Morgan fingerprint density at radius 2 is 1.96 bits per heavy atom. The second-order valence-electron chi connectivity index (χ2n) is 7.41. The van der Waals surface area contributed by atoms with Gasteiger partial charge in [0.05, 0.1) is 0 Å². The van der Waals surface area contributed by atoms with Crippen LogP contribution in [0.2, 0.25) is 5.02 Å². The van der Waals surface area contributed by atoms with E-state index in [4.69, 9.17) is 21.1 Å². The van der Waals surface area contributed by atoms with Gasteiger partial charge in [-0.3, -0.25) is 0 Å². The van der Waals surface area contributed by atoms with Crippen molar-refractivity contribution in [1.29, 1.82) is 0 Å². The Morgan fingerprint density at radius 3 is 2.64 bits per heavy atom. The molecule has 1 aromatic rings. The molecule has 1 heterocycles. The number of benzene rings is 1. The van der Waals surface area contributed by atoms with Crippen LogP contribution in [-0.4, -0.2) is 62.3 Å². The third-order valence-corrected chi connectivity index (χ3v) is 5.33. The predicted molar refractivity (Wildman–Crippen MR) is 114 cm³/mol. The first-order chi connectivity index (χ1) is 13.6. The highest BCUT2D eigenvalue weighted by molar-refractivity contribution is 6.30. The number of rotatable bonds is 11. The van der Waals surface area contributed by atoms with Crippen LogP contribution < -0.4 is 4.74 Å². The van der Waals surface area contributed by atoms with Gasteiger partial charge in [-0.25, -0.2) is 4.79 Å². The van der Waals surface area contributed by atoms with Crippen molar-refractivity contribution in [2.24, 2.45) is 5.92 Å². The van der Waals surface area contributed by atoms with Crippen molar-refractivity contribution >= 4 is 17.7 Å². The molecule has 1 fully saturated rings. The van der Waals surface area contributed by atoms with Crippen LogP contribution in [0, 0.1) is 5.92 Å². The Balaban J connectivity index is 1.52. The molecule has 156 valence electrons. The normalized spacial score (nSPS) is 15.0. The highest BCUT2D eigenvalue weighted by Crippen LogP contribution is 2.22. The summed E-state index contributed by atoms with van der Waals surface area (Å²) in [6.45, 7) is 8.89. The molecule has 1 aliphatic heterocycles. The first-order valence-corrected chi connectivity index (χ1v) is 10.6. The van der Waals surface area contributed by atoms with Crippen LogP contribution in [0.25, 0.3) is 0 Å². The smallest absolute Gasteiger partial charge is 0.410 e. The summed E-state index contributed by atoms with van der Waals surface area (Å²) in [7, 11) is 2.11. The lowest BCUT2D eigenvalue weighted by Crippen LogP contribution is -2.40. The minimum absolute atomic E-state index is 0.279. The molecule has 0 radical (unpaired) electrons. The SMILES string of the molecule is C=CCN(C)CCCCOCCC1CCN(C(=O)Oc2ccc(Cl)cc2)CC1. The topological polar surface area (TPSA) is 42.0 Å². The fraction of sp³-hybridized carbons (Fsp3) is 0.591. The Bertz CT molecular complexity index is 586. The second kappa shape index (κ2) is 12.8. The zero-order valence-electron chi connectivity index (χ0n) is 16.9. The number of halogens is 1. The van der Waals surface area contributed by atoms with E-state index in [0.29, 0.717) is 16.7 Å². The van der Waals surface area contributed by atoms with Gasteiger partial charge in [0.25, 0.3) is 0 Å². The van der Waals surface area contributed by atoms with E-state index in [1.54, 1.807) is 29.2 Å². The molecule has 0 N–H and O–H groups in total. The summed E-state index contributed by atoms with van der Waals surface area (Å²) in [5, 5.41) is 0.628. The summed E-state index contributed by atoms with van der Waals surface area (Å²) in [5.41, 5.74) is 0. The molecule has 1 aromatic carbocycles. The van der Waals surface area contributed by atoms with Gasteiger partial charge in [0, 0.05) is 37.9 Å². The Kier molecular flexibility index (Phi) is 10.4. The molecule has 1 aliphatic rings. The molecule has 2 rings (SSSR count). The number of carbonyl (C=O) groups excluding carboxylic acids is 1. The summed E-state index contributed by atoms with van der Waals surface area (Å²) in [6.07, 6.45) is 6.97. The number of carbonyl (C=O) groups is 1. The van der Waals surface area contributed by atoms with Gasteiger partial charge in [0.15, 0.2) is 0 Å². The maximum atomic E-state index is 12.2. The zero-order chi connectivity index (χ0) is 20.2. The van der Waals surface area contributed by atoms with Gasteiger partial charge in [0.2, 0.25) is 0 Å². The number of unbranched alkanes of at least 4 members (excludes halogenated alkanes) is 1. The molecular formula is C22H33ClN2O3. The van der Waals surface area contributed by atoms with Gasteiger partial charge in [-0.05, 0) is 75.9 Å². The molecule has 0 bridgehead atoms. The lowest BCUT2D eigenvalue weighted by atomic mass is 9.94. The summed E-state index contributed by atoms with van der Waals surface area (Å²) in [5.74, 6) is 1.15. The lowest BCUT2D eigenvalue weighted by molar-refractivity contribution is 0.0948. The van der Waals surface area contributed by atoms with E-state index in [1.807, 2.05) is 6.08 Å². The van der Waals surface area contributed by atoms with Gasteiger partial charge in [-0.1, -0.05) is 17.7 Å². The average molecular weight is 409 g/mol. The number of hydrogen-bond acceptors (Lipinski definition) is 4. The quantitative estimate of drug-likeness (QED) is 0.387. The Labute approximate surface area is 174 Å². The number of amides is 1. The molecule has 0 atom stereocenters. The summed E-state index contributed by atoms with van der Waals surface area (Å²) >= 11 is 5.85. The van der Waals surface area contributed by atoms with Gasteiger partial charge in [-0.2, -0.15) is 0 Å². The van der Waals surface area contributed by atoms with Crippen LogP contribution in [-0.2, 0) is 4.74 Å². The van der Waals surface area contributed by atoms with E-state index in [0.717, 1.165) is 71.5 Å². The first kappa shape index (κ1) is 22.7. The Morgan fingerprint density at radius 1 is 1.25 bits per heavy atom. The lowest BCUT2D eigenvalue weighted by Gasteiger charge is -2.31. The zero-order valence-corrected chi connectivity index (χ0v) is 17.7. The molecule has 0 aromatic heterocycles. The van der Waals surface area contributed by atoms with E-state index < -0.39 is 0 Å². The van der Waals surface area contributed by atoms with E-state index in [9.17, 15) is 4.79 Å². The standard InChI is InChI=1S/C22H33ClN2O3/c1-3-13-24(2)14-4-5-17-27-18-12-19-10-15-25(16-11-19)22(26)28-21-8-6-20(23)7-9-21/h3,6-9,19H,1,4-5,10-18H2,2H3. The van der Waals surface area contributed by atoms with Crippen molar-refractivity contribution in [1.82, 2.24) is 9.80 Å². The Hall–Kier alpha value is -1.56. The molecule has 0 unspecified atom stereocenters. The predicted octanol–water partition coefficient (Wildman–Crippen LogP) is 4.86. The van der Waals surface area contributed by atoms with Crippen LogP contribution >= 0.6 is 11.6 Å². The van der Waals surface area contributed by atoms with E-state index in [-0.39, 0.29) is 6.09 Å². The van der Waals surface area contributed by atoms with Crippen molar-refractivity contribution in [2.75, 3.05) is 46.4 Å². The fourth-order valence-electron chi connectivity index (χ4n) is 3.32. The number of likely N-dealkylation sites (tertiary alicyclic amines) is 1. The molecule has 28 heavy (non-hydrogen) atoms. The number of likely N-dealkylation sites (N-methyl/N-ethyl adjacent to an activating group) is 1. The molecule has 5 nitrogen and oxygen atoms in total. The van der Waals surface area contributed by atoms with Gasteiger partial charge < -0.3 is 19.3 Å². The van der Waals surface area contributed by atoms with Crippen molar-refractivity contribution in [2.45, 2.75) is 32.1 Å². The molecule has 1 amide bonds. The maximum absolute atomic E-state index is 12.2. The van der Waals surface area contributed by atoms with E-state index >= 15 is 0 Å². The molecule has 0 spiro atoms. The average Bonchev–Trinajstić information content (AvgIpc) is 2.69. The third kappa shape index (κ3) is 8.63. The maximum Gasteiger partial charge on any atom is 0.415 e. The van der Waals surface area contributed by atoms with Crippen molar-refractivity contribution < 1.29 is 14.3 Å². The van der Waals surface area contributed by atoms with Gasteiger partial charge >= 0.3 is 6.09 Å². The number of hydrogen-bond donors (Lipinski definition) is 0. The third-order valence-electron chi connectivity index (χ3n) is 5.08. The van der Waals surface area contributed by atoms with E-state index in [2.05, 4.69) is 18.5 Å². The summed E-state index contributed by atoms with van der Waals surface area (Å²) in [4.78, 5) is 16.3.